The van der Waals surface area contributed by atoms with Crippen LogP contribution in [-0.4, -0.2) is 24.9 Å². The minimum atomic E-state index is -0.232. The van der Waals surface area contributed by atoms with E-state index in [2.05, 4.69) is 42.7 Å². The molecule has 0 aromatic heterocycles. The lowest BCUT2D eigenvalue weighted by molar-refractivity contribution is -0.120. The highest BCUT2D eigenvalue weighted by Crippen LogP contribution is 2.26. The zero-order valence-corrected chi connectivity index (χ0v) is 15.7. The Bertz CT molecular complexity index is 759. The summed E-state index contributed by atoms with van der Waals surface area (Å²) in [5, 5.41) is 5.30. The van der Waals surface area contributed by atoms with E-state index in [0.29, 0.717) is 12.1 Å². The minimum absolute atomic E-state index is 0.00574. The number of hydrogen-bond donors (Lipinski definition) is 2. The first-order valence-corrected chi connectivity index (χ1v) is 9.32. The van der Waals surface area contributed by atoms with Gasteiger partial charge in [0.05, 0.1) is 6.54 Å². The molecule has 0 saturated heterocycles. The Kier molecular flexibility index (Phi) is 7.07. The van der Waals surface area contributed by atoms with Crippen molar-refractivity contribution in [3.05, 3.63) is 64.7 Å². The average Bonchev–Trinajstić information content (AvgIpc) is 2.59. The van der Waals surface area contributed by atoms with Gasteiger partial charge in [-0.25, -0.2) is 0 Å². The summed E-state index contributed by atoms with van der Waals surface area (Å²) in [6.07, 6.45) is 0. The van der Waals surface area contributed by atoms with E-state index in [0.717, 1.165) is 11.3 Å². The Morgan fingerprint density at radius 3 is 2.56 bits per heavy atom. The smallest absolute Gasteiger partial charge is 0.251 e. The van der Waals surface area contributed by atoms with Gasteiger partial charge < -0.3 is 10.6 Å². The summed E-state index contributed by atoms with van der Waals surface area (Å²) in [6, 6.07) is 13.9. The lowest BCUT2D eigenvalue weighted by Crippen LogP contribution is -2.36. The molecule has 0 saturated carbocycles. The molecule has 25 heavy (non-hydrogen) atoms. The second-order valence-corrected chi connectivity index (χ2v) is 6.91. The first kappa shape index (κ1) is 19.1. The summed E-state index contributed by atoms with van der Waals surface area (Å²) in [6.45, 7) is 6.59. The number of thioether (sulfide) groups is 1. The van der Waals surface area contributed by atoms with Crippen LogP contribution in [0.1, 0.15) is 34.0 Å². The van der Waals surface area contributed by atoms with E-state index in [-0.39, 0.29) is 18.4 Å². The molecule has 2 rings (SSSR count). The summed E-state index contributed by atoms with van der Waals surface area (Å²) >= 11 is 1.76. The van der Waals surface area contributed by atoms with E-state index in [4.69, 9.17) is 0 Å². The molecule has 0 radical (unpaired) electrons. The van der Waals surface area contributed by atoms with E-state index in [1.54, 1.807) is 17.8 Å². The van der Waals surface area contributed by atoms with Crippen LogP contribution in [0.5, 0.6) is 0 Å². The fourth-order valence-electron chi connectivity index (χ4n) is 2.45. The standard InChI is InChI=1S/C20H24N2O2S/c1-4-21-19(23)12-22-20(24)17-7-5-6-16(11-17)13-25-18-9-8-14(2)10-15(18)3/h5-11H,4,12-13H2,1-3H3,(H,21,23)(H,22,24). The summed E-state index contributed by atoms with van der Waals surface area (Å²) in [4.78, 5) is 24.9. The largest absolute Gasteiger partial charge is 0.355 e. The zero-order chi connectivity index (χ0) is 18.2. The van der Waals surface area contributed by atoms with Crippen LogP contribution < -0.4 is 10.6 Å². The molecule has 2 N–H and O–H groups in total. The van der Waals surface area contributed by atoms with Gasteiger partial charge in [0.25, 0.3) is 5.91 Å². The van der Waals surface area contributed by atoms with Crippen molar-refractivity contribution in [3.8, 4) is 0 Å². The first-order valence-electron chi connectivity index (χ1n) is 8.33. The molecular weight excluding hydrogens is 332 g/mol. The number of hydrogen-bond acceptors (Lipinski definition) is 3. The number of carbonyl (C=O) groups is 2. The lowest BCUT2D eigenvalue weighted by Gasteiger charge is -2.09. The second kappa shape index (κ2) is 9.28. The molecule has 0 heterocycles. The van der Waals surface area contributed by atoms with Crippen LogP contribution >= 0.6 is 11.8 Å². The van der Waals surface area contributed by atoms with Crippen LogP contribution in [0, 0.1) is 13.8 Å². The molecule has 0 unspecified atom stereocenters. The number of carbonyl (C=O) groups excluding carboxylic acids is 2. The van der Waals surface area contributed by atoms with E-state index in [1.807, 2.05) is 25.1 Å². The highest BCUT2D eigenvalue weighted by Gasteiger charge is 2.08. The Morgan fingerprint density at radius 2 is 1.84 bits per heavy atom. The summed E-state index contributed by atoms with van der Waals surface area (Å²) in [7, 11) is 0. The molecule has 0 aliphatic heterocycles. The fourth-order valence-corrected chi connectivity index (χ4v) is 3.40. The Hall–Kier alpha value is -2.27. The summed E-state index contributed by atoms with van der Waals surface area (Å²) < 4.78 is 0. The summed E-state index contributed by atoms with van der Waals surface area (Å²) in [5.74, 6) is 0.378. The number of aryl methyl sites for hydroxylation is 2. The maximum atomic E-state index is 12.2. The maximum Gasteiger partial charge on any atom is 0.251 e. The maximum absolute atomic E-state index is 12.2. The third kappa shape index (κ3) is 5.94. The number of benzene rings is 2. The van der Waals surface area contributed by atoms with Crippen molar-refractivity contribution >= 4 is 23.6 Å². The molecule has 0 aliphatic rings. The van der Waals surface area contributed by atoms with Crippen molar-refractivity contribution in [3.63, 3.8) is 0 Å². The van der Waals surface area contributed by atoms with Crippen LogP contribution in [0.2, 0.25) is 0 Å². The normalized spacial score (nSPS) is 10.4. The third-order valence-electron chi connectivity index (χ3n) is 3.70. The number of likely N-dealkylation sites (N-methyl/N-ethyl adjacent to an activating group) is 1. The van der Waals surface area contributed by atoms with Crippen LogP contribution in [0.15, 0.2) is 47.4 Å². The average molecular weight is 356 g/mol. The van der Waals surface area contributed by atoms with E-state index in [1.165, 1.54) is 16.0 Å². The monoisotopic (exact) mass is 356 g/mol. The molecule has 0 bridgehead atoms. The number of rotatable bonds is 7. The molecule has 4 nitrogen and oxygen atoms in total. The van der Waals surface area contributed by atoms with Crippen molar-refractivity contribution in [2.45, 2.75) is 31.4 Å². The van der Waals surface area contributed by atoms with Gasteiger partial charge in [-0.3, -0.25) is 9.59 Å². The quantitative estimate of drug-likeness (QED) is 0.747. The molecule has 2 amide bonds. The Morgan fingerprint density at radius 1 is 1.04 bits per heavy atom. The van der Waals surface area contributed by atoms with E-state index >= 15 is 0 Å². The van der Waals surface area contributed by atoms with Gasteiger partial charge in [0.15, 0.2) is 0 Å². The predicted octanol–water partition coefficient (Wildman–Crippen LogP) is 3.46. The fraction of sp³-hybridized carbons (Fsp3) is 0.300. The van der Waals surface area contributed by atoms with Gasteiger partial charge in [-0.1, -0.05) is 29.8 Å². The van der Waals surface area contributed by atoms with Crippen molar-refractivity contribution in [2.75, 3.05) is 13.1 Å². The van der Waals surface area contributed by atoms with E-state index in [9.17, 15) is 9.59 Å². The highest BCUT2D eigenvalue weighted by atomic mass is 32.2. The van der Waals surface area contributed by atoms with Gasteiger partial charge in [-0.15, -0.1) is 11.8 Å². The number of amides is 2. The van der Waals surface area contributed by atoms with Gasteiger partial charge >= 0.3 is 0 Å². The Labute approximate surface area is 153 Å². The molecule has 0 spiro atoms. The van der Waals surface area contributed by atoms with Crippen molar-refractivity contribution in [1.29, 1.82) is 0 Å². The summed E-state index contributed by atoms with van der Waals surface area (Å²) in [5.41, 5.74) is 4.17. The van der Waals surface area contributed by atoms with Crippen molar-refractivity contribution < 1.29 is 9.59 Å². The van der Waals surface area contributed by atoms with Gasteiger partial charge in [-0.2, -0.15) is 0 Å². The third-order valence-corrected chi connectivity index (χ3v) is 4.94. The molecule has 132 valence electrons. The molecule has 2 aromatic carbocycles. The number of nitrogens with one attached hydrogen (secondary N) is 2. The molecule has 5 heteroatoms. The van der Waals surface area contributed by atoms with Crippen LogP contribution in [-0.2, 0) is 10.5 Å². The SMILES string of the molecule is CCNC(=O)CNC(=O)c1cccc(CSc2ccc(C)cc2C)c1. The van der Waals surface area contributed by atoms with Crippen molar-refractivity contribution in [1.82, 2.24) is 10.6 Å². The Balaban J connectivity index is 1.96. The van der Waals surface area contributed by atoms with Crippen LogP contribution in [0.25, 0.3) is 0 Å². The predicted molar refractivity (Wildman–Crippen MR) is 103 cm³/mol. The van der Waals surface area contributed by atoms with Crippen molar-refractivity contribution in [2.24, 2.45) is 0 Å². The second-order valence-electron chi connectivity index (χ2n) is 5.89. The molecular formula is C20H24N2O2S. The molecule has 0 fully saturated rings. The van der Waals surface area contributed by atoms with Crippen LogP contribution in [0.3, 0.4) is 0 Å². The molecule has 0 aliphatic carbocycles. The van der Waals surface area contributed by atoms with Gasteiger partial charge in [0, 0.05) is 22.8 Å². The van der Waals surface area contributed by atoms with E-state index < -0.39 is 0 Å². The van der Waals surface area contributed by atoms with Gasteiger partial charge in [-0.05, 0) is 50.1 Å². The zero-order valence-electron chi connectivity index (χ0n) is 14.9. The molecule has 0 atom stereocenters. The van der Waals surface area contributed by atoms with Gasteiger partial charge in [0.2, 0.25) is 5.91 Å². The minimum Gasteiger partial charge on any atom is -0.355 e. The topological polar surface area (TPSA) is 58.2 Å². The first-order chi connectivity index (χ1) is 12.0. The molecule has 2 aromatic rings. The highest BCUT2D eigenvalue weighted by molar-refractivity contribution is 7.98. The van der Waals surface area contributed by atoms with Gasteiger partial charge in [0.1, 0.15) is 0 Å². The van der Waals surface area contributed by atoms with Crippen LogP contribution in [0.4, 0.5) is 0 Å². The lowest BCUT2D eigenvalue weighted by atomic mass is 10.1.